The molecule has 0 aliphatic rings. The van der Waals surface area contributed by atoms with Crippen LogP contribution in [0.1, 0.15) is 15.9 Å². The molecule has 0 radical (unpaired) electrons. The average molecular weight is 258 g/mol. The zero-order valence-electron chi connectivity index (χ0n) is 10.5. The lowest BCUT2D eigenvalue weighted by atomic mass is 10.2. The van der Waals surface area contributed by atoms with Gasteiger partial charge in [0.2, 0.25) is 0 Å². The third-order valence-electron chi connectivity index (χ3n) is 2.63. The van der Waals surface area contributed by atoms with Crippen molar-refractivity contribution in [1.29, 1.82) is 0 Å². The minimum Gasteiger partial charge on any atom is -0.504 e. The smallest absolute Gasteiger partial charge is 0.338 e. The maximum absolute atomic E-state index is 11.8. The molecule has 2 rings (SSSR count). The fourth-order valence-electron chi connectivity index (χ4n) is 1.61. The Hall–Kier alpha value is -2.49. The van der Waals surface area contributed by atoms with Crippen molar-refractivity contribution in [3.8, 4) is 11.5 Å². The lowest BCUT2D eigenvalue weighted by Gasteiger charge is -2.07. The van der Waals surface area contributed by atoms with E-state index in [-0.39, 0.29) is 18.1 Å². The molecule has 19 heavy (non-hydrogen) atoms. The molecule has 0 atom stereocenters. The van der Waals surface area contributed by atoms with E-state index in [0.29, 0.717) is 5.56 Å². The molecule has 0 unspecified atom stereocenters. The predicted octanol–water partition coefficient (Wildman–Crippen LogP) is 2.76. The third kappa shape index (κ3) is 3.25. The van der Waals surface area contributed by atoms with E-state index >= 15 is 0 Å². The second-order valence-corrected chi connectivity index (χ2v) is 3.95. The number of benzene rings is 2. The van der Waals surface area contributed by atoms with Gasteiger partial charge in [0.1, 0.15) is 6.61 Å². The zero-order chi connectivity index (χ0) is 13.7. The van der Waals surface area contributed by atoms with Gasteiger partial charge in [0.25, 0.3) is 0 Å². The zero-order valence-corrected chi connectivity index (χ0v) is 10.5. The van der Waals surface area contributed by atoms with Gasteiger partial charge in [-0.1, -0.05) is 30.3 Å². The number of phenols is 1. The van der Waals surface area contributed by atoms with Crippen LogP contribution in [0.25, 0.3) is 0 Å². The van der Waals surface area contributed by atoms with Gasteiger partial charge in [-0.25, -0.2) is 4.79 Å². The van der Waals surface area contributed by atoms with Gasteiger partial charge in [-0.3, -0.25) is 0 Å². The molecule has 4 heteroatoms. The first-order chi connectivity index (χ1) is 9.20. The number of carbonyl (C=O) groups excluding carboxylic acids is 1. The highest BCUT2D eigenvalue weighted by Gasteiger charge is 2.11. The van der Waals surface area contributed by atoms with Gasteiger partial charge in [-0.15, -0.1) is 0 Å². The molecule has 0 heterocycles. The lowest BCUT2D eigenvalue weighted by Crippen LogP contribution is -2.05. The number of phenolic OH excluding ortho intramolecular Hbond substituents is 1. The number of hydrogen-bond donors (Lipinski definition) is 1. The lowest BCUT2D eigenvalue weighted by molar-refractivity contribution is 0.0472. The Bertz CT molecular complexity index is 564. The molecule has 0 amide bonds. The van der Waals surface area contributed by atoms with Crippen LogP contribution in [0, 0.1) is 0 Å². The molecule has 1 N–H and O–H groups in total. The van der Waals surface area contributed by atoms with Gasteiger partial charge in [0.15, 0.2) is 11.5 Å². The van der Waals surface area contributed by atoms with Crippen LogP contribution >= 0.6 is 0 Å². The summed E-state index contributed by atoms with van der Waals surface area (Å²) in [5, 5.41) is 9.45. The van der Waals surface area contributed by atoms with Crippen molar-refractivity contribution in [3.63, 3.8) is 0 Å². The van der Waals surface area contributed by atoms with Crippen molar-refractivity contribution in [3.05, 3.63) is 59.7 Å². The third-order valence-corrected chi connectivity index (χ3v) is 2.63. The Labute approximate surface area is 111 Å². The van der Waals surface area contributed by atoms with Gasteiger partial charge in [0.05, 0.1) is 12.7 Å². The molecule has 0 saturated heterocycles. The summed E-state index contributed by atoms with van der Waals surface area (Å²) in [6.45, 7) is 0.211. The number of rotatable bonds is 4. The summed E-state index contributed by atoms with van der Waals surface area (Å²) in [5.74, 6) is -0.224. The number of ether oxygens (including phenoxy) is 2. The predicted molar refractivity (Wildman–Crippen MR) is 70.2 cm³/mol. The van der Waals surface area contributed by atoms with Crippen molar-refractivity contribution in [1.82, 2.24) is 0 Å². The molecule has 2 aromatic rings. The summed E-state index contributed by atoms with van der Waals surface area (Å²) in [5.41, 5.74) is 1.26. The molecule has 2 aromatic carbocycles. The van der Waals surface area contributed by atoms with Crippen LogP contribution in [-0.2, 0) is 11.3 Å². The molecular formula is C15H14O4. The monoisotopic (exact) mass is 258 g/mol. The minimum atomic E-state index is -0.456. The van der Waals surface area contributed by atoms with Gasteiger partial charge in [-0.05, 0) is 23.8 Å². The molecule has 4 nitrogen and oxygen atoms in total. The van der Waals surface area contributed by atoms with Crippen LogP contribution in [0.15, 0.2) is 48.5 Å². The summed E-state index contributed by atoms with van der Waals surface area (Å²) in [7, 11) is 1.42. The first kappa shape index (κ1) is 13.0. The normalized spacial score (nSPS) is 9.95. The average Bonchev–Trinajstić information content (AvgIpc) is 2.46. The van der Waals surface area contributed by atoms with Gasteiger partial charge >= 0.3 is 5.97 Å². The SMILES string of the molecule is COc1cc(C(=O)OCc2ccccc2)ccc1O. The van der Waals surface area contributed by atoms with Crippen LogP contribution in [-0.4, -0.2) is 18.2 Å². The maximum Gasteiger partial charge on any atom is 0.338 e. The van der Waals surface area contributed by atoms with Crippen LogP contribution in [0.2, 0.25) is 0 Å². The van der Waals surface area contributed by atoms with E-state index in [1.165, 1.54) is 25.3 Å². The first-order valence-electron chi connectivity index (χ1n) is 5.79. The summed E-state index contributed by atoms with van der Waals surface area (Å²) in [6.07, 6.45) is 0. The summed E-state index contributed by atoms with van der Waals surface area (Å²) in [6, 6.07) is 13.8. The molecule has 98 valence electrons. The van der Waals surface area contributed by atoms with Crippen LogP contribution in [0.5, 0.6) is 11.5 Å². The second-order valence-electron chi connectivity index (χ2n) is 3.95. The number of esters is 1. The van der Waals surface area contributed by atoms with Gasteiger partial charge < -0.3 is 14.6 Å². The van der Waals surface area contributed by atoms with Crippen molar-refractivity contribution in [2.75, 3.05) is 7.11 Å². The maximum atomic E-state index is 11.8. The number of methoxy groups -OCH3 is 1. The van der Waals surface area contributed by atoms with E-state index in [4.69, 9.17) is 9.47 Å². The van der Waals surface area contributed by atoms with Crippen LogP contribution < -0.4 is 4.74 Å². The second kappa shape index (κ2) is 5.91. The Morgan fingerprint density at radius 1 is 1.16 bits per heavy atom. The molecule has 0 aromatic heterocycles. The van der Waals surface area contributed by atoms with E-state index in [9.17, 15) is 9.90 Å². The molecule has 0 aliphatic heterocycles. The molecule has 0 fully saturated rings. The quantitative estimate of drug-likeness (QED) is 0.857. The summed E-state index contributed by atoms with van der Waals surface area (Å²) in [4.78, 5) is 11.8. The van der Waals surface area contributed by atoms with Crippen molar-refractivity contribution in [2.24, 2.45) is 0 Å². The number of aromatic hydroxyl groups is 1. The van der Waals surface area contributed by atoms with E-state index in [1.807, 2.05) is 30.3 Å². The fraction of sp³-hybridized carbons (Fsp3) is 0.133. The van der Waals surface area contributed by atoms with Crippen LogP contribution in [0.4, 0.5) is 0 Å². The van der Waals surface area contributed by atoms with Crippen molar-refractivity contribution < 1.29 is 19.4 Å². The Kier molecular flexibility index (Phi) is 4.03. The van der Waals surface area contributed by atoms with Gasteiger partial charge in [0, 0.05) is 0 Å². The van der Waals surface area contributed by atoms with E-state index in [1.54, 1.807) is 0 Å². The Morgan fingerprint density at radius 2 is 1.89 bits per heavy atom. The largest absolute Gasteiger partial charge is 0.504 e. The Morgan fingerprint density at radius 3 is 2.58 bits per heavy atom. The number of hydrogen-bond acceptors (Lipinski definition) is 4. The molecule has 0 spiro atoms. The highest BCUT2D eigenvalue weighted by atomic mass is 16.5. The molecule has 0 aliphatic carbocycles. The topological polar surface area (TPSA) is 55.8 Å². The Balaban J connectivity index is 2.04. The van der Waals surface area contributed by atoms with Crippen molar-refractivity contribution >= 4 is 5.97 Å². The highest BCUT2D eigenvalue weighted by molar-refractivity contribution is 5.90. The first-order valence-corrected chi connectivity index (χ1v) is 5.79. The minimum absolute atomic E-state index is 0.0119. The summed E-state index contributed by atoms with van der Waals surface area (Å²) >= 11 is 0. The molecule has 0 bridgehead atoms. The van der Waals surface area contributed by atoms with Gasteiger partial charge in [-0.2, -0.15) is 0 Å². The van der Waals surface area contributed by atoms with Crippen LogP contribution in [0.3, 0.4) is 0 Å². The number of carbonyl (C=O) groups is 1. The standard InChI is InChI=1S/C15H14O4/c1-18-14-9-12(7-8-13(14)16)15(17)19-10-11-5-3-2-4-6-11/h2-9,16H,10H2,1H3. The van der Waals surface area contributed by atoms with E-state index < -0.39 is 5.97 Å². The van der Waals surface area contributed by atoms with Crippen molar-refractivity contribution in [2.45, 2.75) is 6.61 Å². The molecular weight excluding hydrogens is 244 g/mol. The summed E-state index contributed by atoms with van der Waals surface area (Å²) < 4.78 is 10.1. The van der Waals surface area contributed by atoms with E-state index in [0.717, 1.165) is 5.56 Å². The molecule has 0 saturated carbocycles. The highest BCUT2D eigenvalue weighted by Crippen LogP contribution is 2.26. The fourth-order valence-corrected chi connectivity index (χ4v) is 1.61. The van der Waals surface area contributed by atoms with E-state index in [2.05, 4.69) is 0 Å².